The second-order valence-corrected chi connectivity index (χ2v) is 3.07. The Hall–Kier alpha value is -0.280. The van der Waals surface area contributed by atoms with Crippen LogP contribution in [0.25, 0.3) is 0 Å². The average Bonchev–Trinajstić information content (AvgIpc) is 1.63. The second kappa shape index (κ2) is 3.69. The monoisotopic (exact) mass is 146 g/mol. The predicted octanol–water partition coefficient (Wildman–Crippen LogP) is 1.16. The van der Waals surface area contributed by atoms with E-state index >= 15 is 0 Å². The van der Waals surface area contributed by atoms with Gasteiger partial charge >= 0.3 is 0 Å². The molecule has 0 fully saturated rings. The smallest absolute Gasteiger partial charge is 0.216 e. The molecule has 2 nitrogen and oxygen atoms in total. The van der Waals surface area contributed by atoms with Crippen LogP contribution in [0.2, 0.25) is 0 Å². The van der Waals surface area contributed by atoms with Crippen molar-refractivity contribution in [1.29, 1.82) is 0 Å². The van der Waals surface area contributed by atoms with E-state index in [0.717, 1.165) is 11.8 Å². The summed E-state index contributed by atoms with van der Waals surface area (Å²) in [5.74, 6) is 0. The average molecular weight is 146 g/mol. The molecule has 0 aromatic carbocycles. The summed E-state index contributed by atoms with van der Waals surface area (Å²) < 4.78 is 0. The van der Waals surface area contributed by atoms with Gasteiger partial charge in [-0.1, -0.05) is 18.3 Å². The van der Waals surface area contributed by atoms with E-state index in [2.05, 4.69) is 6.58 Å². The van der Waals surface area contributed by atoms with E-state index in [1.54, 1.807) is 13.8 Å². The van der Waals surface area contributed by atoms with Crippen molar-refractivity contribution in [2.24, 2.45) is 0 Å². The molecule has 0 bridgehead atoms. The van der Waals surface area contributed by atoms with Gasteiger partial charge in [-0.3, -0.25) is 4.79 Å². The number of aliphatic hydroxyl groups excluding tert-OH is 1. The Kier molecular flexibility index (Phi) is 3.58. The van der Waals surface area contributed by atoms with Crippen LogP contribution in [0.4, 0.5) is 0 Å². The van der Waals surface area contributed by atoms with Gasteiger partial charge < -0.3 is 5.11 Å². The molecule has 0 aliphatic heterocycles. The molecule has 1 unspecified atom stereocenters. The number of aliphatic hydroxyl groups is 1. The number of hydrogen-bond donors (Lipinski definition) is 1. The minimum Gasteiger partial charge on any atom is -0.382 e. The minimum atomic E-state index is -0.630. The summed E-state index contributed by atoms with van der Waals surface area (Å²) in [5, 5.41) is 8.52. The number of carbonyl (C=O) groups is 1. The molecule has 3 heteroatoms. The van der Waals surface area contributed by atoms with Crippen LogP contribution >= 0.6 is 11.8 Å². The predicted molar refractivity (Wildman–Crippen MR) is 39.1 cm³/mol. The maximum atomic E-state index is 10.7. The molecule has 0 saturated carbocycles. The number of carbonyl (C=O) groups excluding carboxylic acids is 1. The lowest BCUT2D eigenvalue weighted by molar-refractivity contribution is -0.107. The van der Waals surface area contributed by atoms with E-state index in [1.807, 2.05) is 0 Å². The zero-order valence-electron chi connectivity index (χ0n) is 5.55. The van der Waals surface area contributed by atoms with Crippen LogP contribution in [0.3, 0.4) is 0 Å². The Morgan fingerprint density at radius 2 is 2.22 bits per heavy atom. The highest BCUT2D eigenvalue weighted by Gasteiger charge is 2.05. The van der Waals surface area contributed by atoms with Crippen molar-refractivity contribution in [3.05, 3.63) is 12.2 Å². The van der Waals surface area contributed by atoms with Crippen LogP contribution < -0.4 is 0 Å². The Bertz CT molecular complexity index is 129. The third-order valence-corrected chi connectivity index (χ3v) is 1.53. The molecule has 0 aliphatic rings. The Labute approximate surface area is 59.0 Å². The molecule has 0 saturated heterocycles. The van der Waals surface area contributed by atoms with Gasteiger partial charge in [0.25, 0.3) is 0 Å². The summed E-state index contributed by atoms with van der Waals surface area (Å²) >= 11 is 0.880. The fraction of sp³-hybridized carbons (Fsp3) is 0.500. The van der Waals surface area contributed by atoms with E-state index in [-0.39, 0.29) is 5.12 Å². The Morgan fingerprint density at radius 3 is 2.33 bits per heavy atom. The van der Waals surface area contributed by atoms with Gasteiger partial charge in [-0.05, 0) is 19.4 Å². The van der Waals surface area contributed by atoms with Crippen molar-refractivity contribution in [3.63, 3.8) is 0 Å². The molecule has 0 heterocycles. The molecule has 1 N–H and O–H groups in total. The SMILES string of the molecule is C=C(C)C(=O)SC(C)O. The molecule has 0 aromatic rings. The normalized spacial score (nSPS) is 12.8. The second-order valence-electron chi connectivity index (χ2n) is 1.78. The molecule has 9 heavy (non-hydrogen) atoms. The number of hydrogen-bond acceptors (Lipinski definition) is 3. The molecule has 0 aliphatic carbocycles. The van der Waals surface area contributed by atoms with Crippen LogP contribution in [-0.2, 0) is 4.79 Å². The zero-order valence-corrected chi connectivity index (χ0v) is 6.36. The fourth-order valence-corrected chi connectivity index (χ4v) is 0.766. The van der Waals surface area contributed by atoms with Crippen LogP contribution in [0.5, 0.6) is 0 Å². The van der Waals surface area contributed by atoms with Crippen LogP contribution in [0.15, 0.2) is 12.2 Å². The van der Waals surface area contributed by atoms with Gasteiger partial charge in [0.2, 0.25) is 5.12 Å². The van der Waals surface area contributed by atoms with Gasteiger partial charge in [-0.2, -0.15) is 0 Å². The van der Waals surface area contributed by atoms with Crippen LogP contribution in [-0.4, -0.2) is 15.7 Å². The first-order valence-electron chi connectivity index (χ1n) is 2.58. The maximum Gasteiger partial charge on any atom is 0.216 e. The molecule has 52 valence electrons. The minimum absolute atomic E-state index is 0.148. The quantitative estimate of drug-likeness (QED) is 0.469. The van der Waals surface area contributed by atoms with Crippen molar-refractivity contribution < 1.29 is 9.90 Å². The first-order valence-corrected chi connectivity index (χ1v) is 3.46. The largest absolute Gasteiger partial charge is 0.382 e. The van der Waals surface area contributed by atoms with E-state index in [0.29, 0.717) is 5.57 Å². The van der Waals surface area contributed by atoms with Gasteiger partial charge in [-0.25, -0.2) is 0 Å². The van der Waals surface area contributed by atoms with E-state index < -0.39 is 5.44 Å². The Morgan fingerprint density at radius 1 is 1.78 bits per heavy atom. The molecule has 0 rings (SSSR count). The van der Waals surface area contributed by atoms with Crippen molar-refractivity contribution in [1.82, 2.24) is 0 Å². The lowest BCUT2D eigenvalue weighted by Crippen LogP contribution is -2.00. The molecular weight excluding hydrogens is 136 g/mol. The van der Waals surface area contributed by atoms with Crippen molar-refractivity contribution in [3.8, 4) is 0 Å². The van der Waals surface area contributed by atoms with Crippen molar-refractivity contribution in [2.45, 2.75) is 19.3 Å². The highest BCUT2D eigenvalue weighted by atomic mass is 32.2. The van der Waals surface area contributed by atoms with Crippen LogP contribution in [0.1, 0.15) is 13.8 Å². The van der Waals surface area contributed by atoms with Gasteiger partial charge in [0.05, 0.1) is 0 Å². The van der Waals surface area contributed by atoms with Gasteiger partial charge in [0, 0.05) is 0 Å². The Balaban J connectivity index is 3.65. The molecule has 1 atom stereocenters. The molecular formula is C6H10O2S. The van der Waals surface area contributed by atoms with Gasteiger partial charge in [-0.15, -0.1) is 0 Å². The zero-order chi connectivity index (χ0) is 7.44. The van der Waals surface area contributed by atoms with E-state index in [9.17, 15) is 4.79 Å². The van der Waals surface area contributed by atoms with E-state index in [4.69, 9.17) is 5.11 Å². The third-order valence-electron chi connectivity index (χ3n) is 0.626. The highest BCUT2D eigenvalue weighted by molar-refractivity contribution is 8.14. The first kappa shape index (κ1) is 8.72. The molecule has 0 radical (unpaired) electrons. The summed E-state index contributed by atoms with van der Waals surface area (Å²) in [6.07, 6.45) is 0. The summed E-state index contributed by atoms with van der Waals surface area (Å²) in [4.78, 5) is 10.7. The highest BCUT2D eigenvalue weighted by Crippen LogP contribution is 2.12. The topological polar surface area (TPSA) is 37.3 Å². The summed E-state index contributed by atoms with van der Waals surface area (Å²) in [6, 6.07) is 0. The fourth-order valence-electron chi connectivity index (χ4n) is 0.255. The number of rotatable bonds is 2. The standard InChI is InChI=1S/C6H10O2S/c1-4(2)6(8)9-5(3)7/h5,7H,1H2,2-3H3. The summed E-state index contributed by atoms with van der Waals surface area (Å²) in [7, 11) is 0. The van der Waals surface area contributed by atoms with Crippen LogP contribution in [0, 0.1) is 0 Å². The van der Waals surface area contributed by atoms with Gasteiger partial charge in [0.15, 0.2) is 0 Å². The van der Waals surface area contributed by atoms with Crippen molar-refractivity contribution in [2.75, 3.05) is 0 Å². The third kappa shape index (κ3) is 4.24. The molecule has 0 amide bonds. The molecule has 0 aromatic heterocycles. The van der Waals surface area contributed by atoms with E-state index in [1.165, 1.54) is 0 Å². The van der Waals surface area contributed by atoms with Crippen molar-refractivity contribution >= 4 is 16.9 Å². The van der Waals surface area contributed by atoms with Gasteiger partial charge in [0.1, 0.15) is 5.44 Å². The summed E-state index contributed by atoms with van der Waals surface area (Å²) in [5.41, 5.74) is -0.157. The maximum absolute atomic E-state index is 10.7. The lowest BCUT2D eigenvalue weighted by Gasteiger charge is -1.99. The molecule has 0 spiro atoms. The summed E-state index contributed by atoms with van der Waals surface area (Å²) in [6.45, 7) is 6.60. The lowest BCUT2D eigenvalue weighted by atomic mass is 10.4. The first-order chi connectivity index (χ1) is 4.04. The number of thioether (sulfide) groups is 1.